The van der Waals surface area contributed by atoms with E-state index < -0.39 is 0 Å². The van der Waals surface area contributed by atoms with Gasteiger partial charge in [0.2, 0.25) is 0 Å². The molecule has 0 aliphatic heterocycles. The predicted molar refractivity (Wildman–Crippen MR) is 40.8 cm³/mol. The molecule has 0 radical (unpaired) electrons. The SMILES string of the molecule is Cc1ccc(C(=O)[S-])s1. The van der Waals surface area contributed by atoms with Gasteiger partial charge in [0.25, 0.3) is 0 Å². The van der Waals surface area contributed by atoms with Gasteiger partial charge in [0, 0.05) is 9.75 Å². The smallest absolute Gasteiger partial charge is 0.0522 e. The molecule has 0 bridgehead atoms. The largest absolute Gasteiger partial charge is 0.736 e. The zero-order chi connectivity index (χ0) is 6.85. The Morgan fingerprint density at radius 2 is 2.33 bits per heavy atom. The second-order valence-electron chi connectivity index (χ2n) is 1.70. The van der Waals surface area contributed by atoms with Crippen LogP contribution in [0.3, 0.4) is 0 Å². The van der Waals surface area contributed by atoms with Gasteiger partial charge in [-0.05, 0) is 19.1 Å². The minimum atomic E-state index is -0.256. The molecule has 0 amide bonds. The normalized spacial score (nSPS) is 9.44. The third kappa shape index (κ3) is 1.50. The van der Waals surface area contributed by atoms with Crippen molar-refractivity contribution in [3.05, 3.63) is 21.9 Å². The van der Waals surface area contributed by atoms with Crippen LogP contribution in [0.1, 0.15) is 14.5 Å². The molecule has 1 nitrogen and oxygen atoms in total. The molecule has 0 aromatic carbocycles. The van der Waals surface area contributed by atoms with E-state index in [4.69, 9.17) is 0 Å². The highest BCUT2D eigenvalue weighted by molar-refractivity contribution is 7.78. The van der Waals surface area contributed by atoms with Crippen molar-refractivity contribution in [1.82, 2.24) is 0 Å². The van der Waals surface area contributed by atoms with Crippen LogP contribution in [0.2, 0.25) is 0 Å². The van der Waals surface area contributed by atoms with Gasteiger partial charge in [-0.15, -0.1) is 11.3 Å². The van der Waals surface area contributed by atoms with E-state index in [-0.39, 0.29) is 5.12 Å². The van der Waals surface area contributed by atoms with E-state index in [2.05, 4.69) is 12.6 Å². The molecule has 3 heteroatoms. The highest BCUT2D eigenvalue weighted by atomic mass is 32.1. The Kier molecular flexibility index (Phi) is 1.83. The number of carbonyl (C=O) groups excluding carboxylic acids is 1. The van der Waals surface area contributed by atoms with Crippen molar-refractivity contribution in [2.45, 2.75) is 6.92 Å². The van der Waals surface area contributed by atoms with Crippen molar-refractivity contribution in [2.24, 2.45) is 0 Å². The molecule has 1 aromatic heterocycles. The Labute approximate surface area is 63.1 Å². The topological polar surface area (TPSA) is 17.1 Å². The zero-order valence-electron chi connectivity index (χ0n) is 4.88. The maximum atomic E-state index is 10.5. The van der Waals surface area contributed by atoms with Crippen LogP contribution in [-0.2, 0) is 12.6 Å². The van der Waals surface area contributed by atoms with Crippen molar-refractivity contribution in [2.75, 3.05) is 0 Å². The maximum Gasteiger partial charge on any atom is 0.0522 e. The summed E-state index contributed by atoms with van der Waals surface area (Å²) in [6.07, 6.45) is 0. The lowest BCUT2D eigenvalue weighted by molar-refractivity contribution is 0.109. The van der Waals surface area contributed by atoms with E-state index in [0.717, 1.165) is 4.88 Å². The fourth-order valence-electron chi connectivity index (χ4n) is 0.544. The molecule has 0 spiro atoms. The van der Waals surface area contributed by atoms with Crippen molar-refractivity contribution >= 4 is 29.1 Å². The third-order valence-electron chi connectivity index (χ3n) is 0.942. The lowest BCUT2D eigenvalue weighted by atomic mass is 10.4. The highest BCUT2D eigenvalue weighted by Gasteiger charge is 1.93. The number of thiophene rings is 1. The predicted octanol–water partition coefficient (Wildman–Crippen LogP) is 1.74. The number of hydrogen-bond acceptors (Lipinski definition) is 3. The lowest BCUT2D eigenvalue weighted by Gasteiger charge is -1.95. The van der Waals surface area contributed by atoms with Crippen molar-refractivity contribution in [1.29, 1.82) is 0 Å². The first-order valence-corrected chi connectivity index (χ1v) is 3.70. The number of rotatable bonds is 1. The van der Waals surface area contributed by atoms with Crippen LogP contribution in [0, 0.1) is 6.92 Å². The second-order valence-corrected chi connectivity index (χ2v) is 3.36. The first-order chi connectivity index (χ1) is 4.20. The van der Waals surface area contributed by atoms with Crippen molar-refractivity contribution < 1.29 is 4.79 Å². The number of aryl methyl sites for hydroxylation is 1. The molecule has 1 rings (SSSR count). The molecule has 0 unspecified atom stereocenters. The van der Waals surface area contributed by atoms with Crippen LogP contribution >= 0.6 is 11.3 Å². The minimum Gasteiger partial charge on any atom is -0.736 e. The summed E-state index contributed by atoms with van der Waals surface area (Å²) < 4.78 is 0. The molecule has 0 fully saturated rings. The average molecular weight is 157 g/mol. The lowest BCUT2D eigenvalue weighted by Crippen LogP contribution is -1.84. The van der Waals surface area contributed by atoms with Gasteiger partial charge in [0.15, 0.2) is 0 Å². The molecule has 0 aliphatic carbocycles. The fraction of sp³-hybridized carbons (Fsp3) is 0.167. The molecule has 0 N–H and O–H groups in total. The van der Waals surface area contributed by atoms with Gasteiger partial charge in [0.05, 0.1) is 5.12 Å². The van der Waals surface area contributed by atoms with E-state index in [0.29, 0.717) is 4.88 Å². The zero-order valence-corrected chi connectivity index (χ0v) is 6.51. The van der Waals surface area contributed by atoms with Crippen LogP contribution in [0.25, 0.3) is 0 Å². The Morgan fingerprint density at radius 3 is 2.56 bits per heavy atom. The van der Waals surface area contributed by atoms with E-state index in [1.54, 1.807) is 6.07 Å². The molecule has 48 valence electrons. The molecule has 0 aliphatic rings. The van der Waals surface area contributed by atoms with E-state index in [1.807, 2.05) is 13.0 Å². The van der Waals surface area contributed by atoms with Gasteiger partial charge in [-0.3, -0.25) is 0 Å². The maximum absolute atomic E-state index is 10.5. The van der Waals surface area contributed by atoms with Gasteiger partial charge in [-0.1, -0.05) is 0 Å². The molecule has 0 atom stereocenters. The van der Waals surface area contributed by atoms with E-state index >= 15 is 0 Å². The summed E-state index contributed by atoms with van der Waals surface area (Å²) in [5, 5.41) is -0.256. The van der Waals surface area contributed by atoms with Gasteiger partial charge < -0.3 is 17.4 Å². The monoisotopic (exact) mass is 157 g/mol. The quantitative estimate of drug-likeness (QED) is 0.578. The number of hydrogen-bond donors (Lipinski definition) is 0. The Bertz CT molecular complexity index is 227. The minimum absolute atomic E-state index is 0.256. The molecule has 9 heavy (non-hydrogen) atoms. The molecular weight excluding hydrogens is 152 g/mol. The summed E-state index contributed by atoms with van der Waals surface area (Å²) in [6.45, 7) is 1.95. The van der Waals surface area contributed by atoms with Crippen LogP contribution in [0.15, 0.2) is 12.1 Å². The Morgan fingerprint density at radius 1 is 1.67 bits per heavy atom. The molecule has 1 aromatic rings. The van der Waals surface area contributed by atoms with E-state index in [1.165, 1.54) is 11.3 Å². The van der Waals surface area contributed by atoms with Gasteiger partial charge >= 0.3 is 0 Å². The fourth-order valence-corrected chi connectivity index (χ4v) is 1.44. The van der Waals surface area contributed by atoms with Crippen LogP contribution in [0.4, 0.5) is 0 Å². The molecule has 0 saturated carbocycles. The summed E-state index contributed by atoms with van der Waals surface area (Å²) in [7, 11) is 0. The Hall–Kier alpha value is -0.410. The van der Waals surface area contributed by atoms with Crippen LogP contribution < -0.4 is 0 Å². The van der Waals surface area contributed by atoms with Crippen molar-refractivity contribution in [3.8, 4) is 0 Å². The van der Waals surface area contributed by atoms with Crippen LogP contribution in [-0.4, -0.2) is 5.12 Å². The summed E-state index contributed by atoms with van der Waals surface area (Å²) >= 11 is 5.87. The molecular formula is C6H5OS2-. The van der Waals surface area contributed by atoms with Gasteiger partial charge in [-0.25, -0.2) is 0 Å². The first-order valence-electron chi connectivity index (χ1n) is 2.48. The summed E-state index contributed by atoms with van der Waals surface area (Å²) in [6, 6.07) is 3.65. The van der Waals surface area contributed by atoms with E-state index in [9.17, 15) is 4.79 Å². The number of carbonyl (C=O) groups is 1. The van der Waals surface area contributed by atoms with Crippen molar-refractivity contribution in [3.63, 3.8) is 0 Å². The first kappa shape index (κ1) is 6.71. The standard InChI is InChI=1S/C6H6OS2/c1-4-2-3-5(9-4)6(7)8/h2-3H,1H3,(H,7,8)/p-1. The average Bonchev–Trinajstić information content (AvgIpc) is 2.14. The van der Waals surface area contributed by atoms with Gasteiger partial charge in [0.1, 0.15) is 0 Å². The molecule has 0 saturated heterocycles. The van der Waals surface area contributed by atoms with Gasteiger partial charge in [-0.2, -0.15) is 0 Å². The summed E-state index contributed by atoms with van der Waals surface area (Å²) in [5.74, 6) is 0. The Balaban J connectivity index is 2.98. The second kappa shape index (κ2) is 2.45. The summed E-state index contributed by atoms with van der Waals surface area (Å²) in [4.78, 5) is 12.3. The third-order valence-corrected chi connectivity index (χ3v) is 2.29. The van der Waals surface area contributed by atoms with Crippen LogP contribution in [0.5, 0.6) is 0 Å². The molecule has 1 heterocycles. The highest BCUT2D eigenvalue weighted by Crippen LogP contribution is 2.14. The summed E-state index contributed by atoms with van der Waals surface area (Å²) in [5.41, 5.74) is 0.